The molecule has 0 saturated carbocycles. The molecule has 0 aliphatic carbocycles. The first-order chi connectivity index (χ1) is 17.2. The number of nitrogens with zero attached hydrogens (tertiary/aromatic N) is 3. The normalized spacial score (nSPS) is 23.4. The highest BCUT2D eigenvalue weighted by atomic mass is 19.1. The molecule has 3 atom stereocenters. The Morgan fingerprint density at radius 3 is 2.72 bits per heavy atom. The van der Waals surface area contributed by atoms with Gasteiger partial charge in [-0.25, -0.2) is 14.4 Å². The van der Waals surface area contributed by atoms with Gasteiger partial charge in [0.25, 0.3) is 11.8 Å². The molecular formula is C24H28FN5O6. The Bertz CT molecular complexity index is 1180. The molecule has 0 radical (unpaired) electrons. The van der Waals surface area contributed by atoms with Crippen molar-refractivity contribution in [3.63, 3.8) is 0 Å². The van der Waals surface area contributed by atoms with Crippen LogP contribution in [0.3, 0.4) is 0 Å². The van der Waals surface area contributed by atoms with Gasteiger partial charge in [-0.3, -0.25) is 9.59 Å². The summed E-state index contributed by atoms with van der Waals surface area (Å²) in [5, 5.41) is 9.50. The fraction of sp³-hybridized carbons (Fsp3) is 0.458. The van der Waals surface area contributed by atoms with Gasteiger partial charge in [-0.2, -0.15) is 0 Å². The van der Waals surface area contributed by atoms with Crippen molar-refractivity contribution in [3.8, 4) is 5.75 Å². The predicted octanol–water partition coefficient (Wildman–Crippen LogP) is 1.28. The quantitative estimate of drug-likeness (QED) is 0.580. The molecule has 0 spiro atoms. The van der Waals surface area contributed by atoms with E-state index >= 15 is 0 Å². The molecule has 3 heterocycles. The zero-order valence-corrected chi connectivity index (χ0v) is 20.5. The maximum atomic E-state index is 13.6. The van der Waals surface area contributed by atoms with E-state index < -0.39 is 29.5 Å². The first kappa shape index (κ1) is 25.5. The number of nitrogens with one attached hydrogen (secondary N) is 2. The first-order valence-corrected chi connectivity index (χ1v) is 11.4. The van der Waals surface area contributed by atoms with Crippen molar-refractivity contribution in [2.75, 3.05) is 27.4 Å². The van der Waals surface area contributed by atoms with Crippen LogP contribution in [0, 0.1) is 12.7 Å². The van der Waals surface area contributed by atoms with Gasteiger partial charge >= 0.3 is 0 Å². The molecule has 1 aromatic heterocycles. The van der Waals surface area contributed by atoms with E-state index in [2.05, 4.69) is 25.8 Å². The lowest BCUT2D eigenvalue weighted by molar-refractivity contribution is -0.203. The topological polar surface area (TPSA) is 133 Å². The fourth-order valence-corrected chi connectivity index (χ4v) is 3.95. The zero-order valence-electron chi connectivity index (χ0n) is 20.5. The molecule has 1 saturated heterocycles. The van der Waals surface area contributed by atoms with Gasteiger partial charge in [0.05, 0.1) is 26.0 Å². The van der Waals surface area contributed by atoms with Crippen molar-refractivity contribution in [1.82, 2.24) is 20.6 Å². The molecule has 1 aromatic carbocycles. The molecule has 2 aliphatic rings. The maximum Gasteiger partial charge on any atom is 0.270 e. The third kappa shape index (κ3) is 5.44. The van der Waals surface area contributed by atoms with E-state index in [4.69, 9.17) is 19.0 Å². The summed E-state index contributed by atoms with van der Waals surface area (Å²) < 4.78 is 30.1. The second-order valence-electron chi connectivity index (χ2n) is 8.71. The largest absolute Gasteiger partial charge is 0.494 e. The molecule has 0 bridgehead atoms. The number of hydrogen-bond donors (Lipinski definition) is 2. The van der Waals surface area contributed by atoms with Gasteiger partial charge in [0, 0.05) is 20.0 Å². The minimum Gasteiger partial charge on any atom is -0.494 e. The molecule has 11 nitrogen and oxygen atoms in total. The van der Waals surface area contributed by atoms with Crippen LogP contribution in [0.25, 0.3) is 0 Å². The summed E-state index contributed by atoms with van der Waals surface area (Å²) in [7, 11) is 2.92. The Morgan fingerprint density at radius 2 is 2.03 bits per heavy atom. The van der Waals surface area contributed by atoms with Crippen molar-refractivity contribution in [1.29, 1.82) is 0 Å². The molecular weight excluding hydrogens is 473 g/mol. The molecule has 2 N–H and O–H groups in total. The van der Waals surface area contributed by atoms with E-state index in [1.165, 1.54) is 26.3 Å². The number of hydrogen-bond acceptors (Lipinski definition) is 9. The van der Waals surface area contributed by atoms with Crippen LogP contribution in [0.2, 0.25) is 0 Å². The third-order valence-electron chi connectivity index (χ3n) is 6.04. The van der Waals surface area contributed by atoms with Crippen LogP contribution in [0.4, 0.5) is 4.39 Å². The van der Waals surface area contributed by atoms with Crippen molar-refractivity contribution >= 4 is 17.5 Å². The Kier molecular flexibility index (Phi) is 7.45. The molecule has 36 heavy (non-hydrogen) atoms. The van der Waals surface area contributed by atoms with Gasteiger partial charge in [-0.1, -0.05) is 11.2 Å². The first-order valence-electron chi connectivity index (χ1n) is 11.4. The second kappa shape index (κ2) is 10.5. The highest BCUT2D eigenvalue weighted by Crippen LogP contribution is 2.33. The van der Waals surface area contributed by atoms with Crippen LogP contribution in [-0.4, -0.2) is 72.7 Å². The Morgan fingerprint density at radius 1 is 1.22 bits per heavy atom. The van der Waals surface area contributed by atoms with E-state index in [-0.39, 0.29) is 37.1 Å². The van der Waals surface area contributed by atoms with Crippen LogP contribution in [0.15, 0.2) is 29.4 Å². The van der Waals surface area contributed by atoms with E-state index in [9.17, 15) is 14.0 Å². The van der Waals surface area contributed by atoms with E-state index in [1.54, 1.807) is 19.1 Å². The van der Waals surface area contributed by atoms with Crippen molar-refractivity contribution in [2.24, 2.45) is 5.16 Å². The van der Waals surface area contributed by atoms with E-state index in [1.807, 2.05) is 6.92 Å². The predicted molar refractivity (Wildman–Crippen MR) is 125 cm³/mol. The second-order valence-corrected chi connectivity index (χ2v) is 8.71. The summed E-state index contributed by atoms with van der Waals surface area (Å²) in [6.07, 6.45) is -0.755. The number of rotatable bonds is 7. The van der Waals surface area contributed by atoms with Crippen LogP contribution in [0.5, 0.6) is 5.75 Å². The van der Waals surface area contributed by atoms with Gasteiger partial charge in [-0.15, -0.1) is 0 Å². The summed E-state index contributed by atoms with van der Waals surface area (Å²) in [5.41, 5.74) is 1.00. The molecule has 2 aliphatic heterocycles. The van der Waals surface area contributed by atoms with Crippen LogP contribution < -0.4 is 15.4 Å². The summed E-state index contributed by atoms with van der Waals surface area (Å²) in [6, 6.07) is 5.91. The van der Waals surface area contributed by atoms with Gasteiger partial charge in [0.1, 0.15) is 23.3 Å². The minimum absolute atomic E-state index is 0.0979. The van der Waals surface area contributed by atoms with Gasteiger partial charge < -0.3 is 29.7 Å². The summed E-state index contributed by atoms with van der Waals surface area (Å²) in [5.74, 6) is -0.657. The fourth-order valence-electron chi connectivity index (χ4n) is 3.95. The standard InChI is InChI=1S/C24H28FN5O6/c1-13-28-16(8-17(29-13)22(31)27-10-14-5-6-15(25)19(7-14)33-4)18-9-24(2,36-30-18)21-12-34-20(11-35-21)23(32)26-3/h5-8,20-21H,9-12H2,1-4H3,(H,26,32)(H,27,31)/t20-,21+,24?/m0/s1. The van der Waals surface area contributed by atoms with Crippen LogP contribution in [0.1, 0.15) is 40.9 Å². The number of benzene rings is 1. The van der Waals surface area contributed by atoms with Crippen molar-refractivity contribution < 1.29 is 33.0 Å². The van der Waals surface area contributed by atoms with E-state index in [0.717, 1.165) is 0 Å². The average Bonchev–Trinajstić information content (AvgIpc) is 3.30. The zero-order chi connectivity index (χ0) is 25.9. The summed E-state index contributed by atoms with van der Waals surface area (Å²) in [6.45, 7) is 3.96. The molecule has 192 valence electrons. The minimum atomic E-state index is -0.827. The van der Waals surface area contributed by atoms with Crippen LogP contribution >= 0.6 is 0 Å². The summed E-state index contributed by atoms with van der Waals surface area (Å²) in [4.78, 5) is 38.9. The Hall–Kier alpha value is -3.64. The van der Waals surface area contributed by atoms with E-state index in [0.29, 0.717) is 29.2 Å². The average molecular weight is 502 g/mol. The SMILES string of the molecule is CNC(=O)[C@@H]1CO[C@@H](C2(C)CC(c3cc(C(=O)NCc4ccc(F)c(OC)c4)nc(C)n3)=NO2)CO1. The molecule has 1 fully saturated rings. The number of halogens is 1. The molecule has 12 heteroatoms. The number of aryl methyl sites for hydroxylation is 1. The molecule has 1 unspecified atom stereocenters. The number of methoxy groups -OCH3 is 1. The number of carbonyl (C=O) groups excluding carboxylic acids is 2. The highest BCUT2D eigenvalue weighted by Gasteiger charge is 2.46. The number of aromatic nitrogens is 2. The summed E-state index contributed by atoms with van der Waals surface area (Å²) >= 11 is 0. The van der Waals surface area contributed by atoms with Gasteiger partial charge in [-0.05, 0) is 37.6 Å². The van der Waals surface area contributed by atoms with Crippen molar-refractivity contribution in [2.45, 2.75) is 44.6 Å². The number of ether oxygens (including phenoxy) is 3. The lowest BCUT2D eigenvalue weighted by atomic mass is 9.91. The monoisotopic (exact) mass is 501 g/mol. The van der Waals surface area contributed by atoms with Gasteiger partial charge in [0.15, 0.2) is 23.3 Å². The van der Waals surface area contributed by atoms with Gasteiger partial charge in [0.2, 0.25) is 0 Å². The number of amides is 2. The number of carbonyl (C=O) groups is 2. The molecule has 2 amide bonds. The van der Waals surface area contributed by atoms with Crippen LogP contribution in [-0.2, 0) is 25.7 Å². The molecule has 2 aromatic rings. The van der Waals surface area contributed by atoms with Crippen molar-refractivity contribution in [3.05, 3.63) is 52.9 Å². The molecule has 4 rings (SSSR count). The number of likely N-dealkylation sites (N-methyl/N-ethyl adjacent to an activating group) is 1. The maximum absolute atomic E-state index is 13.6. The third-order valence-corrected chi connectivity index (χ3v) is 6.04. The Labute approximate surface area is 207 Å². The lowest BCUT2D eigenvalue weighted by Gasteiger charge is -2.36. The highest BCUT2D eigenvalue weighted by molar-refractivity contribution is 6.02. The number of oxime groups is 1. The Balaban J connectivity index is 1.41. The smallest absolute Gasteiger partial charge is 0.270 e. The lowest BCUT2D eigenvalue weighted by Crippen LogP contribution is -2.52.